The van der Waals surface area contributed by atoms with Crippen LogP contribution in [0.5, 0.6) is 0 Å². The molecule has 92 valence electrons. The van der Waals surface area contributed by atoms with Crippen molar-refractivity contribution in [3.8, 4) is 0 Å². The Morgan fingerprint density at radius 1 is 1.06 bits per heavy atom. The zero-order valence-electron chi connectivity index (χ0n) is 10.3. The van der Waals surface area contributed by atoms with Crippen LogP contribution in [0.25, 0.3) is 0 Å². The van der Waals surface area contributed by atoms with Gasteiger partial charge in [-0.1, -0.05) is 13.8 Å². The van der Waals surface area contributed by atoms with Crippen LogP contribution in [0.15, 0.2) is 0 Å². The van der Waals surface area contributed by atoms with Crippen LogP contribution < -0.4 is 0 Å². The molecule has 0 saturated carbocycles. The molecule has 2 atom stereocenters. The highest BCUT2D eigenvalue weighted by Gasteiger charge is 2.29. The highest BCUT2D eigenvalue weighted by atomic mass is 16.5. The fourth-order valence-corrected chi connectivity index (χ4v) is 2.39. The molecule has 0 bridgehead atoms. The van der Waals surface area contributed by atoms with E-state index in [1.54, 1.807) is 0 Å². The van der Waals surface area contributed by atoms with Crippen LogP contribution in [0.4, 0.5) is 4.79 Å². The second-order valence-electron chi connectivity index (χ2n) is 5.07. The van der Waals surface area contributed by atoms with Gasteiger partial charge < -0.3 is 14.5 Å². The summed E-state index contributed by atoms with van der Waals surface area (Å²) in [4.78, 5) is 16.1. The number of morpholine rings is 1. The van der Waals surface area contributed by atoms with Gasteiger partial charge in [-0.15, -0.1) is 0 Å². The predicted octanol–water partition coefficient (Wildman–Crippen LogP) is 1.42. The Morgan fingerprint density at radius 2 is 1.75 bits per heavy atom. The number of amides is 2. The van der Waals surface area contributed by atoms with E-state index in [9.17, 15) is 4.79 Å². The fraction of sp³-hybridized carbons (Fsp3) is 0.917. The number of ether oxygens (including phenoxy) is 1. The van der Waals surface area contributed by atoms with Gasteiger partial charge in [0.25, 0.3) is 0 Å². The van der Waals surface area contributed by atoms with E-state index in [0.29, 0.717) is 19.1 Å². The minimum absolute atomic E-state index is 0.210. The average Bonchev–Trinajstić information content (AvgIpc) is 2.33. The Hall–Kier alpha value is -0.770. The number of piperidine rings is 1. The van der Waals surface area contributed by atoms with Crippen LogP contribution in [0.1, 0.15) is 20.3 Å². The number of carbonyl (C=O) groups is 1. The number of urea groups is 1. The van der Waals surface area contributed by atoms with E-state index in [4.69, 9.17) is 4.74 Å². The van der Waals surface area contributed by atoms with Crippen LogP contribution in [0, 0.1) is 11.8 Å². The first kappa shape index (κ1) is 11.7. The maximum Gasteiger partial charge on any atom is 0.320 e. The molecular weight excluding hydrogens is 204 g/mol. The lowest BCUT2D eigenvalue weighted by atomic mass is 9.89. The highest BCUT2D eigenvalue weighted by Crippen LogP contribution is 2.23. The molecule has 0 aromatic heterocycles. The van der Waals surface area contributed by atoms with Gasteiger partial charge in [0.1, 0.15) is 0 Å². The summed E-state index contributed by atoms with van der Waals surface area (Å²) in [6.07, 6.45) is 1.14. The first-order valence-corrected chi connectivity index (χ1v) is 6.30. The summed E-state index contributed by atoms with van der Waals surface area (Å²) in [6, 6.07) is 0.210. The third kappa shape index (κ3) is 2.48. The minimum Gasteiger partial charge on any atom is -0.378 e. The molecule has 0 aromatic carbocycles. The smallest absolute Gasteiger partial charge is 0.320 e. The SMILES string of the molecule is CC1CCN(C(=O)N2CCOCC2)CC1C. The zero-order chi connectivity index (χ0) is 11.5. The minimum atomic E-state index is 0.210. The average molecular weight is 226 g/mol. The van der Waals surface area contributed by atoms with Crippen molar-refractivity contribution in [1.29, 1.82) is 0 Å². The van der Waals surface area contributed by atoms with Crippen LogP contribution >= 0.6 is 0 Å². The van der Waals surface area contributed by atoms with Gasteiger partial charge in [0.15, 0.2) is 0 Å². The van der Waals surface area contributed by atoms with E-state index in [1.165, 1.54) is 0 Å². The maximum absolute atomic E-state index is 12.2. The summed E-state index contributed by atoms with van der Waals surface area (Å²) < 4.78 is 5.26. The molecule has 2 aliphatic rings. The van der Waals surface area contributed by atoms with E-state index in [2.05, 4.69) is 13.8 Å². The van der Waals surface area contributed by atoms with Crippen molar-refractivity contribution in [3.05, 3.63) is 0 Å². The van der Waals surface area contributed by atoms with E-state index < -0.39 is 0 Å². The molecule has 2 fully saturated rings. The lowest BCUT2D eigenvalue weighted by Gasteiger charge is -2.39. The normalized spacial score (nSPS) is 31.6. The Kier molecular flexibility index (Phi) is 3.69. The van der Waals surface area contributed by atoms with Crippen molar-refractivity contribution in [2.45, 2.75) is 20.3 Å². The molecule has 4 heteroatoms. The molecule has 16 heavy (non-hydrogen) atoms. The van der Waals surface area contributed by atoms with Crippen LogP contribution in [0.3, 0.4) is 0 Å². The third-order valence-electron chi connectivity index (χ3n) is 3.89. The van der Waals surface area contributed by atoms with Crippen LogP contribution in [-0.4, -0.2) is 55.2 Å². The van der Waals surface area contributed by atoms with Gasteiger partial charge in [0.05, 0.1) is 13.2 Å². The monoisotopic (exact) mass is 226 g/mol. The molecule has 2 aliphatic heterocycles. The Bertz CT molecular complexity index is 251. The number of likely N-dealkylation sites (tertiary alicyclic amines) is 1. The molecule has 2 unspecified atom stereocenters. The van der Waals surface area contributed by atoms with Crippen molar-refractivity contribution < 1.29 is 9.53 Å². The topological polar surface area (TPSA) is 32.8 Å². The molecule has 2 heterocycles. The van der Waals surface area contributed by atoms with Crippen LogP contribution in [0.2, 0.25) is 0 Å². The van der Waals surface area contributed by atoms with Gasteiger partial charge in [-0.05, 0) is 18.3 Å². The summed E-state index contributed by atoms with van der Waals surface area (Å²) >= 11 is 0. The number of hydrogen-bond donors (Lipinski definition) is 0. The molecule has 2 rings (SSSR count). The van der Waals surface area contributed by atoms with Crippen molar-refractivity contribution in [1.82, 2.24) is 9.80 Å². The lowest BCUT2D eigenvalue weighted by Crippen LogP contribution is -2.51. The molecule has 0 radical (unpaired) electrons. The summed E-state index contributed by atoms with van der Waals surface area (Å²) in [5.74, 6) is 1.37. The van der Waals surface area contributed by atoms with E-state index >= 15 is 0 Å². The summed E-state index contributed by atoms with van der Waals surface area (Å²) in [5, 5.41) is 0. The third-order valence-corrected chi connectivity index (χ3v) is 3.89. The van der Waals surface area contributed by atoms with Gasteiger partial charge in [-0.25, -0.2) is 4.79 Å². The van der Waals surface area contributed by atoms with Gasteiger partial charge in [0.2, 0.25) is 0 Å². The van der Waals surface area contributed by atoms with Crippen LogP contribution in [-0.2, 0) is 4.74 Å². The van der Waals surface area contributed by atoms with Crippen molar-refractivity contribution in [2.24, 2.45) is 11.8 Å². The zero-order valence-corrected chi connectivity index (χ0v) is 10.3. The molecule has 0 aliphatic carbocycles. The molecular formula is C12H22N2O2. The quantitative estimate of drug-likeness (QED) is 0.626. The highest BCUT2D eigenvalue weighted by molar-refractivity contribution is 5.74. The van der Waals surface area contributed by atoms with Crippen molar-refractivity contribution in [2.75, 3.05) is 39.4 Å². The fourth-order valence-electron chi connectivity index (χ4n) is 2.39. The standard InChI is InChI=1S/C12H22N2O2/c1-10-3-4-14(9-11(10)2)12(15)13-5-7-16-8-6-13/h10-11H,3-9H2,1-2H3. The molecule has 4 nitrogen and oxygen atoms in total. The van der Waals surface area contributed by atoms with Crippen molar-refractivity contribution >= 4 is 6.03 Å². The van der Waals surface area contributed by atoms with E-state index in [-0.39, 0.29) is 6.03 Å². The molecule has 0 N–H and O–H groups in total. The summed E-state index contributed by atoms with van der Waals surface area (Å²) in [7, 11) is 0. The number of carbonyl (C=O) groups excluding carboxylic acids is 1. The summed E-state index contributed by atoms with van der Waals surface area (Å²) in [6.45, 7) is 9.22. The maximum atomic E-state index is 12.2. The predicted molar refractivity (Wildman–Crippen MR) is 62.3 cm³/mol. The van der Waals surface area contributed by atoms with E-state index in [0.717, 1.165) is 38.5 Å². The van der Waals surface area contributed by atoms with Gasteiger partial charge in [0, 0.05) is 26.2 Å². The Labute approximate surface area is 97.5 Å². The van der Waals surface area contributed by atoms with E-state index in [1.807, 2.05) is 9.80 Å². The first-order chi connectivity index (χ1) is 7.68. The van der Waals surface area contributed by atoms with Gasteiger partial charge in [-0.2, -0.15) is 0 Å². The molecule has 0 spiro atoms. The second-order valence-corrected chi connectivity index (χ2v) is 5.07. The first-order valence-electron chi connectivity index (χ1n) is 6.30. The van der Waals surface area contributed by atoms with Crippen molar-refractivity contribution in [3.63, 3.8) is 0 Å². The number of hydrogen-bond acceptors (Lipinski definition) is 2. The molecule has 2 saturated heterocycles. The van der Waals surface area contributed by atoms with Gasteiger partial charge >= 0.3 is 6.03 Å². The number of rotatable bonds is 0. The Balaban J connectivity index is 1.89. The van der Waals surface area contributed by atoms with Gasteiger partial charge in [-0.3, -0.25) is 0 Å². The summed E-state index contributed by atoms with van der Waals surface area (Å²) in [5.41, 5.74) is 0. The second kappa shape index (κ2) is 5.04. The lowest BCUT2D eigenvalue weighted by molar-refractivity contribution is 0.0369. The Morgan fingerprint density at radius 3 is 2.38 bits per heavy atom. The largest absolute Gasteiger partial charge is 0.378 e. The molecule has 2 amide bonds. The number of nitrogens with zero attached hydrogens (tertiary/aromatic N) is 2. The molecule has 0 aromatic rings.